The van der Waals surface area contributed by atoms with E-state index in [0.29, 0.717) is 5.82 Å². The van der Waals surface area contributed by atoms with E-state index in [9.17, 15) is 0 Å². The molecule has 0 saturated heterocycles. The molecule has 2 aromatic heterocycles. The molecule has 0 saturated carbocycles. The van der Waals surface area contributed by atoms with Crippen molar-refractivity contribution < 1.29 is 0 Å². The third-order valence-electron chi connectivity index (χ3n) is 8.77. The molecule has 0 aliphatic heterocycles. The number of fused-ring (bicyclic) bond motifs is 4. The van der Waals surface area contributed by atoms with Gasteiger partial charge in [-0.15, -0.1) is 0 Å². The summed E-state index contributed by atoms with van der Waals surface area (Å²) in [5.41, 5.74) is 12.6. The van der Waals surface area contributed by atoms with Crippen LogP contribution in [0.3, 0.4) is 0 Å². The van der Waals surface area contributed by atoms with E-state index in [1.807, 2.05) is 48.7 Å². The highest BCUT2D eigenvalue weighted by atomic mass is 14.9. The van der Waals surface area contributed by atoms with Crippen molar-refractivity contribution >= 4 is 10.8 Å². The first-order chi connectivity index (χ1) is 21.1. The van der Waals surface area contributed by atoms with Crippen LogP contribution in [0.2, 0.25) is 0 Å². The Morgan fingerprint density at radius 1 is 0.488 bits per heavy atom. The van der Waals surface area contributed by atoms with Crippen molar-refractivity contribution in [3.63, 3.8) is 0 Å². The molecule has 3 nitrogen and oxygen atoms in total. The topological polar surface area (TPSA) is 38.7 Å². The largest absolute Gasteiger partial charge is 0.264 e. The molecule has 5 aromatic carbocycles. The molecule has 0 unspecified atom stereocenters. The van der Waals surface area contributed by atoms with Gasteiger partial charge in [-0.2, -0.15) is 0 Å². The molecule has 0 spiro atoms. The average molecular weight is 552 g/mol. The van der Waals surface area contributed by atoms with Crippen LogP contribution in [-0.2, 0) is 5.41 Å². The zero-order valence-corrected chi connectivity index (χ0v) is 24.1. The quantitative estimate of drug-likeness (QED) is 0.218. The molecule has 0 N–H and O–H groups in total. The Hall–Kier alpha value is -5.41. The van der Waals surface area contributed by atoms with Crippen LogP contribution < -0.4 is 0 Å². The molecule has 0 radical (unpaired) electrons. The molecule has 1 aliphatic carbocycles. The molecular formula is C40H29N3. The van der Waals surface area contributed by atoms with E-state index in [1.165, 1.54) is 44.2 Å². The first-order valence-corrected chi connectivity index (χ1v) is 14.7. The predicted molar refractivity (Wildman–Crippen MR) is 177 cm³/mol. The molecule has 3 heteroatoms. The highest BCUT2D eigenvalue weighted by molar-refractivity contribution is 5.98. The number of pyridine rings is 1. The average Bonchev–Trinajstić information content (AvgIpc) is 3.30. The summed E-state index contributed by atoms with van der Waals surface area (Å²) in [6, 6.07) is 45.2. The molecule has 204 valence electrons. The zero-order chi connectivity index (χ0) is 29.0. The molecule has 43 heavy (non-hydrogen) atoms. The molecular weight excluding hydrogens is 522 g/mol. The Balaban J connectivity index is 1.24. The van der Waals surface area contributed by atoms with Crippen molar-refractivity contribution in [2.75, 3.05) is 0 Å². The van der Waals surface area contributed by atoms with Gasteiger partial charge in [0.1, 0.15) is 0 Å². The molecule has 7 aromatic rings. The standard InChI is InChI=1S/C40H29N3/c1-40(2)34-16-8-15-32(38(34)33-22-29-12-6-7-13-30(29)23-35(33)40)26-17-19-27(20-18-26)36-24-37(31-14-9-21-41-25-31)43-39(42-36)28-10-4-3-5-11-28/h3-25H,1-2H3. The van der Waals surface area contributed by atoms with Crippen molar-refractivity contribution in [2.45, 2.75) is 19.3 Å². The van der Waals surface area contributed by atoms with Crippen LogP contribution >= 0.6 is 0 Å². The highest BCUT2D eigenvalue weighted by Crippen LogP contribution is 2.53. The molecule has 0 amide bonds. The monoisotopic (exact) mass is 551 g/mol. The minimum atomic E-state index is -0.0673. The lowest BCUT2D eigenvalue weighted by Gasteiger charge is -2.22. The lowest BCUT2D eigenvalue weighted by atomic mass is 9.81. The maximum absolute atomic E-state index is 5.01. The Morgan fingerprint density at radius 2 is 1.16 bits per heavy atom. The van der Waals surface area contributed by atoms with Gasteiger partial charge in [-0.05, 0) is 74.5 Å². The third kappa shape index (κ3) is 4.24. The van der Waals surface area contributed by atoms with E-state index in [1.54, 1.807) is 6.20 Å². The highest BCUT2D eigenvalue weighted by Gasteiger charge is 2.37. The first kappa shape index (κ1) is 25.3. The Bertz CT molecular complexity index is 2070. The Kier molecular flexibility index (Phi) is 5.80. The molecule has 8 rings (SSSR count). The summed E-state index contributed by atoms with van der Waals surface area (Å²) in [6.07, 6.45) is 3.63. The predicted octanol–water partition coefficient (Wildman–Crippen LogP) is 10.00. The lowest BCUT2D eigenvalue weighted by molar-refractivity contribution is 0.661. The second-order valence-corrected chi connectivity index (χ2v) is 11.7. The van der Waals surface area contributed by atoms with Gasteiger partial charge in [0.05, 0.1) is 11.4 Å². The van der Waals surface area contributed by atoms with Gasteiger partial charge in [0.25, 0.3) is 0 Å². The summed E-state index contributed by atoms with van der Waals surface area (Å²) in [5.74, 6) is 0.702. The fourth-order valence-corrected chi connectivity index (χ4v) is 6.51. The second-order valence-electron chi connectivity index (χ2n) is 11.7. The number of benzene rings is 5. The van der Waals surface area contributed by atoms with Gasteiger partial charge in [0.2, 0.25) is 0 Å². The van der Waals surface area contributed by atoms with Gasteiger partial charge >= 0.3 is 0 Å². The van der Waals surface area contributed by atoms with Crippen LogP contribution in [0.5, 0.6) is 0 Å². The first-order valence-electron chi connectivity index (χ1n) is 14.7. The van der Waals surface area contributed by atoms with E-state index < -0.39 is 0 Å². The molecule has 0 fully saturated rings. The maximum atomic E-state index is 5.01. The van der Waals surface area contributed by atoms with E-state index >= 15 is 0 Å². The van der Waals surface area contributed by atoms with Crippen molar-refractivity contribution in [1.82, 2.24) is 15.0 Å². The number of nitrogens with zero attached hydrogens (tertiary/aromatic N) is 3. The molecule has 0 atom stereocenters. The van der Waals surface area contributed by atoms with E-state index in [-0.39, 0.29) is 5.41 Å². The minimum Gasteiger partial charge on any atom is -0.264 e. The van der Waals surface area contributed by atoms with Gasteiger partial charge in [-0.25, -0.2) is 9.97 Å². The van der Waals surface area contributed by atoms with Crippen LogP contribution in [0.1, 0.15) is 25.0 Å². The van der Waals surface area contributed by atoms with Crippen LogP contribution in [0.4, 0.5) is 0 Å². The lowest BCUT2D eigenvalue weighted by Crippen LogP contribution is -2.14. The summed E-state index contributed by atoms with van der Waals surface area (Å²) in [5, 5.41) is 2.57. The second kappa shape index (κ2) is 9.85. The maximum Gasteiger partial charge on any atom is 0.160 e. The van der Waals surface area contributed by atoms with Crippen molar-refractivity contribution in [1.29, 1.82) is 0 Å². The molecule has 2 heterocycles. The summed E-state index contributed by atoms with van der Waals surface area (Å²) in [6.45, 7) is 4.69. The Morgan fingerprint density at radius 3 is 1.91 bits per heavy atom. The number of rotatable bonds is 4. The van der Waals surface area contributed by atoms with Crippen LogP contribution in [0.25, 0.3) is 66.9 Å². The summed E-state index contributed by atoms with van der Waals surface area (Å²) >= 11 is 0. The van der Waals surface area contributed by atoms with Crippen LogP contribution in [0.15, 0.2) is 140 Å². The summed E-state index contributed by atoms with van der Waals surface area (Å²) in [7, 11) is 0. The fourth-order valence-electron chi connectivity index (χ4n) is 6.51. The van der Waals surface area contributed by atoms with Crippen LogP contribution in [-0.4, -0.2) is 15.0 Å². The summed E-state index contributed by atoms with van der Waals surface area (Å²) < 4.78 is 0. The van der Waals surface area contributed by atoms with Crippen LogP contribution in [0, 0.1) is 0 Å². The van der Waals surface area contributed by atoms with Crippen molar-refractivity contribution in [3.05, 3.63) is 151 Å². The van der Waals surface area contributed by atoms with E-state index in [2.05, 4.69) is 104 Å². The fraction of sp³-hybridized carbons (Fsp3) is 0.0750. The van der Waals surface area contributed by atoms with Gasteiger partial charge < -0.3 is 0 Å². The zero-order valence-electron chi connectivity index (χ0n) is 24.1. The summed E-state index contributed by atoms with van der Waals surface area (Å²) in [4.78, 5) is 14.2. The minimum absolute atomic E-state index is 0.0673. The number of hydrogen-bond acceptors (Lipinski definition) is 3. The van der Waals surface area contributed by atoms with Crippen molar-refractivity contribution in [3.8, 4) is 56.2 Å². The van der Waals surface area contributed by atoms with E-state index in [4.69, 9.17) is 9.97 Å². The SMILES string of the molecule is CC1(C)c2cc3ccccc3cc2-c2c(-c3ccc(-c4cc(-c5cccnc5)nc(-c5ccccc5)n4)cc3)cccc21. The van der Waals surface area contributed by atoms with E-state index in [0.717, 1.165) is 28.1 Å². The number of aromatic nitrogens is 3. The van der Waals surface area contributed by atoms with Gasteiger partial charge in [0, 0.05) is 34.5 Å². The molecule has 0 bridgehead atoms. The van der Waals surface area contributed by atoms with Gasteiger partial charge in [-0.1, -0.05) is 111 Å². The van der Waals surface area contributed by atoms with Crippen molar-refractivity contribution in [2.24, 2.45) is 0 Å². The molecule has 1 aliphatic rings. The van der Waals surface area contributed by atoms with Gasteiger partial charge in [-0.3, -0.25) is 4.98 Å². The third-order valence-corrected chi connectivity index (χ3v) is 8.77. The number of hydrogen-bond donors (Lipinski definition) is 0. The smallest absolute Gasteiger partial charge is 0.160 e. The van der Waals surface area contributed by atoms with Gasteiger partial charge in [0.15, 0.2) is 5.82 Å². The normalized spacial score (nSPS) is 13.1. The Labute approximate surface area is 251 Å².